The summed E-state index contributed by atoms with van der Waals surface area (Å²) in [4.78, 5) is 31.4. The highest BCUT2D eigenvalue weighted by Crippen LogP contribution is 2.27. The molecule has 0 aliphatic carbocycles. The van der Waals surface area contributed by atoms with Crippen LogP contribution in [0.4, 0.5) is 5.13 Å². The molecule has 1 fully saturated rings. The van der Waals surface area contributed by atoms with Gasteiger partial charge in [-0.15, -0.1) is 5.10 Å². The first kappa shape index (κ1) is 19.1. The molecule has 3 aromatic rings. The Balaban J connectivity index is 1.59. The molecule has 9 heteroatoms. The first-order valence-corrected chi connectivity index (χ1v) is 10.8. The smallest absolute Gasteiger partial charge is 0.274 e. The Morgan fingerprint density at radius 2 is 2.11 bits per heavy atom. The lowest BCUT2D eigenvalue weighted by Crippen LogP contribution is -2.32. The average Bonchev–Trinajstić information content (AvgIpc) is 3.10. The molecule has 4 rings (SSSR count). The first-order valence-electron chi connectivity index (χ1n) is 9.18. The summed E-state index contributed by atoms with van der Waals surface area (Å²) in [6.07, 6.45) is 2.22. The van der Waals surface area contributed by atoms with E-state index in [0.29, 0.717) is 17.4 Å². The van der Waals surface area contributed by atoms with Crippen molar-refractivity contribution in [1.82, 2.24) is 19.9 Å². The molecule has 0 atom stereocenters. The Kier molecular flexibility index (Phi) is 5.45. The minimum Gasteiger partial charge on any atom is -0.347 e. The highest BCUT2D eigenvalue weighted by atomic mass is 79.9. The number of halogens is 1. The minimum atomic E-state index is -0.435. The predicted molar refractivity (Wildman–Crippen MR) is 113 cm³/mol. The van der Waals surface area contributed by atoms with Crippen LogP contribution in [0.5, 0.6) is 0 Å². The van der Waals surface area contributed by atoms with E-state index in [4.69, 9.17) is 0 Å². The van der Waals surface area contributed by atoms with Crippen LogP contribution in [0.1, 0.15) is 35.8 Å². The van der Waals surface area contributed by atoms with Gasteiger partial charge in [0.05, 0.1) is 0 Å². The van der Waals surface area contributed by atoms with Gasteiger partial charge in [0, 0.05) is 30.2 Å². The maximum Gasteiger partial charge on any atom is 0.274 e. The number of nitrogens with zero attached hydrogens (tertiary/aromatic N) is 4. The Hall–Kier alpha value is -2.26. The molecule has 1 aliphatic heterocycles. The van der Waals surface area contributed by atoms with Crippen LogP contribution in [0.15, 0.2) is 39.6 Å². The second-order valence-corrected chi connectivity index (χ2v) is 8.89. The maximum absolute atomic E-state index is 12.7. The molecule has 3 heterocycles. The summed E-state index contributed by atoms with van der Waals surface area (Å²) in [5, 5.41) is 8.24. The van der Waals surface area contributed by atoms with Crippen LogP contribution in [0.2, 0.25) is 0 Å². The first-order chi connectivity index (χ1) is 13.5. The van der Waals surface area contributed by atoms with Gasteiger partial charge in [0.1, 0.15) is 5.69 Å². The van der Waals surface area contributed by atoms with Gasteiger partial charge in [-0.25, -0.2) is 0 Å². The zero-order chi connectivity index (χ0) is 19.7. The maximum atomic E-state index is 12.7. The number of aromatic nitrogens is 3. The molecule has 7 nitrogen and oxygen atoms in total. The van der Waals surface area contributed by atoms with Crippen LogP contribution in [0.25, 0.3) is 4.96 Å². The minimum absolute atomic E-state index is 0.206. The highest BCUT2D eigenvalue weighted by molar-refractivity contribution is 9.10. The lowest BCUT2D eigenvalue weighted by atomic mass is 10.00. The fraction of sp³-hybridized carbons (Fsp3) is 0.368. The summed E-state index contributed by atoms with van der Waals surface area (Å²) >= 11 is 4.77. The Bertz CT molecular complexity index is 1070. The van der Waals surface area contributed by atoms with Crippen molar-refractivity contribution in [3.8, 4) is 0 Å². The molecular weight excluding hydrogens is 442 g/mol. The predicted octanol–water partition coefficient (Wildman–Crippen LogP) is 3.08. The topological polar surface area (TPSA) is 79.6 Å². The van der Waals surface area contributed by atoms with Crippen molar-refractivity contribution in [2.75, 3.05) is 18.0 Å². The fourth-order valence-corrected chi connectivity index (χ4v) is 4.62. The summed E-state index contributed by atoms with van der Waals surface area (Å²) in [6, 6.07) is 8.94. The van der Waals surface area contributed by atoms with Gasteiger partial charge in [-0.05, 0) is 36.5 Å². The standard InChI is InChI=1S/C19H20BrN5O2S/c1-12-5-7-24(8-6-12)19-23-25-15(10-16(26)22-18(25)28-19)17(27)21-11-13-3-2-4-14(20)9-13/h2-4,9-10,12H,5-8,11H2,1H3,(H,21,27). The van der Waals surface area contributed by atoms with Crippen LogP contribution in [-0.4, -0.2) is 33.6 Å². The van der Waals surface area contributed by atoms with Gasteiger partial charge in [-0.1, -0.05) is 46.3 Å². The van der Waals surface area contributed by atoms with Crippen LogP contribution in [-0.2, 0) is 6.54 Å². The fourth-order valence-electron chi connectivity index (χ4n) is 3.21. The second-order valence-electron chi connectivity index (χ2n) is 7.04. The van der Waals surface area contributed by atoms with E-state index in [1.165, 1.54) is 21.9 Å². The van der Waals surface area contributed by atoms with E-state index in [-0.39, 0.29) is 11.6 Å². The number of hydrogen-bond acceptors (Lipinski definition) is 6. The van der Waals surface area contributed by atoms with Crippen molar-refractivity contribution in [2.24, 2.45) is 5.92 Å². The second kappa shape index (κ2) is 8.00. The number of carbonyl (C=O) groups excluding carboxylic acids is 1. The van der Waals surface area contributed by atoms with E-state index < -0.39 is 5.56 Å². The third kappa shape index (κ3) is 4.10. The molecular formula is C19H20BrN5O2S. The largest absolute Gasteiger partial charge is 0.347 e. The molecule has 0 bridgehead atoms. The van der Waals surface area contributed by atoms with Crippen LogP contribution in [0.3, 0.4) is 0 Å². The molecule has 1 N–H and O–H groups in total. The number of benzene rings is 1. The third-order valence-electron chi connectivity index (χ3n) is 4.87. The number of rotatable bonds is 4. The van der Waals surface area contributed by atoms with Crippen molar-refractivity contribution in [3.63, 3.8) is 0 Å². The summed E-state index contributed by atoms with van der Waals surface area (Å²) in [7, 11) is 0. The van der Waals surface area contributed by atoms with E-state index in [1.807, 2.05) is 24.3 Å². The molecule has 0 radical (unpaired) electrons. The SMILES string of the molecule is CC1CCN(c2nn3c(C(=O)NCc4cccc(Br)c4)cc(=O)nc3s2)CC1. The average molecular weight is 462 g/mol. The molecule has 1 aliphatic rings. The highest BCUT2D eigenvalue weighted by Gasteiger charge is 2.21. The molecule has 1 aromatic carbocycles. The molecule has 1 saturated heterocycles. The molecule has 146 valence electrons. The van der Waals surface area contributed by atoms with Crippen molar-refractivity contribution in [2.45, 2.75) is 26.3 Å². The van der Waals surface area contributed by atoms with Gasteiger partial charge >= 0.3 is 0 Å². The third-order valence-corrected chi connectivity index (χ3v) is 6.33. The summed E-state index contributed by atoms with van der Waals surface area (Å²) in [5.41, 5.74) is 0.731. The number of amides is 1. The summed E-state index contributed by atoms with van der Waals surface area (Å²) < 4.78 is 2.43. The van der Waals surface area contributed by atoms with Crippen molar-refractivity contribution in [1.29, 1.82) is 0 Å². The van der Waals surface area contributed by atoms with Gasteiger partial charge in [0.2, 0.25) is 10.1 Å². The van der Waals surface area contributed by atoms with Gasteiger partial charge in [0.25, 0.3) is 11.5 Å². The quantitative estimate of drug-likeness (QED) is 0.645. The molecule has 0 spiro atoms. The van der Waals surface area contributed by atoms with Crippen molar-refractivity contribution < 1.29 is 4.79 Å². The van der Waals surface area contributed by atoms with E-state index >= 15 is 0 Å². The Morgan fingerprint density at radius 1 is 1.32 bits per heavy atom. The summed E-state index contributed by atoms with van der Waals surface area (Å²) in [6.45, 7) is 4.47. The Labute approximate surface area is 174 Å². The molecule has 0 saturated carbocycles. The van der Waals surface area contributed by atoms with E-state index in [9.17, 15) is 9.59 Å². The van der Waals surface area contributed by atoms with Crippen molar-refractivity contribution in [3.05, 3.63) is 56.4 Å². The van der Waals surface area contributed by atoms with Crippen LogP contribution in [0, 0.1) is 5.92 Å². The van der Waals surface area contributed by atoms with E-state index in [2.05, 4.69) is 43.2 Å². The molecule has 0 unspecified atom stereocenters. The number of nitrogens with one attached hydrogen (secondary N) is 1. The number of hydrogen-bond donors (Lipinski definition) is 1. The summed E-state index contributed by atoms with van der Waals surface area (Å²) in [5.74, 6) is 0.364. The number of piperidine rings is 1. The van der Waals surface area contributed by atoms with Gasteiger partial charge in [-0.2, -0.15) is 9.50 Å². The molecule has 1 amide bonds. The molecule has 28 heavy (non-hydrogen) atoms. The Morgan fingerprint density at radius 3 is 2.86 bits per heavy atom. The number of fused-ring (bicyclic) bond motifs is 1. The zero-order valence-electron chi connectivity index (χ0n) is 15.4. The van der Waals surface area contributed by atoms with Crippen molar-refractivity contribution >= 4 is 43.3 Å². The monoisotopic (exact) mass is 461 g/mol. The van der Waals surface area contributed by atoms with Gasteiger partial charge in [-0.3, -0.25) is 9.59 Å². The zero-order valence-corrected chi connectivity index (χ0v) is 17.8. The lowest BCUT2D eigenvalue weighted by molar-refractivity contribution is 0.0943. The molecule has 2 aromatic heterocycles. The number of anilines is 1. The van der Waals surface area contributed by atoms with Gasteiger partial charge < -0.3 is 10.2 Å². The number of carbonyl (C=O) groups is 1. The van der Waals surface area contributed by atoms with E-state index in [0.717, 1.165) is 41.1 Å². The lowest BCUT2D eigenvalue weighted by Gasteiger charge is -2.29. The van der Waals surface area contributed by atoms with Crippen LogP contribution < -0.4 is 15.8 Å². The van der Waals surface area contributed by atoms with Gasteiger partial charge in [0.15, 0.2) is 0 Å². The normalized spacial score (nSPS) is 15.1. The van der Waals surface area contributed by atoms with E-state index in [1.54, 1.807) is 0 Å². The van der Waals surface area contributed by atoms with Crippen LogP contribution >= 0.6 is 27.3 Å².